The number of anilines is 1. The van der Waals surface area contributed by atoms with E-state index in [1.807, 2.05) is 0 Å². The van der Waals surface area contributed by atoms with Crippen LogP contribution in [0.4, 0.5) is 10.1 Å². The Morgan fingerprint density at radius 3 is 2.76 bits per heavy atom. The first-order chi connectivity index (χ1) is 7.81. The molecule has 0 saturated heterocycles. The van der Waals surface area contributed by atoms with Gasteiger partial charge in [-0.05, 0) is 28.1 Å². The Morgan fingerprint density at radius 1 is 1.47 bits per heavy atom. The summed E-state index contributed by atoms with van der Waals surface area (Å²) in [6.07, 6.45) is 0. The minimum absolute atomic E-state index is 0.112. The molecule has 0 saturated carbocycles. The number of halogens is 2. The molecule has 1 atom stereocenters. The number of fused-ring (bicyclic) bond motifs is 1. The molecule has 1 aliphatic heterocycles. The fourth-order valence-electron chi connectivity index (χ4n) is 1.63. The highest BCUT2D eigenvalue weighted by Crippen LogP contribution is 2.32. The molecule has 1 unspecified atom stereocenters. The highest BCUT2D eigenvalue weighted by Gasteiger charge is 2.31. The van der Waals surface area contributed by atoms with Crippen molar-refractivity contribution in [1.82, 2.24) is 0 Å². The zero-order valence-electron chi connectivity index (χ0n) is 8.83. The molecule has 92 valence electrons. The molecular weight excluding hydrogens is 313 g/mol. The maximum atomic E-state index is 13.4. The predicted octanol–water partition coefficient (Wildman–Crippen LogP) is 1.95. The molecule has 0 radical (unpaired) electrons. The molecule has 1 aliphatic rings. The van der Waals surface area contributed by atoms with Gasteiger partial charge in [-0.15, -0.1) is 0 Å². The minimum Gasteiger partial charge on any atom is -0.325 e. The van der Waals surface area contributed by atoms with E-state index in [9.17, 15) is 17.6 Å². The third-order valence-electron chi connectivity index (χ3n) is 2.53. The van der Waals surface area contributed by atoms with Crippen molar-refractivity contribution in [1.29, 1.82) is 0 Å². The topological polar surface area (TPSA) is 63.2 Å². The van der Waals surface area contributed by atoms with Crippen LogP contribution in [0.15, 0.2) is 21.5 Å². The van der Waals surface area contributed by atoms with Crippen molar-refractivity contribution in [3.63, 3.8) is 0 Å². The standard InChI is InChI=1S/C10H9BrFNO3S/c1-5-4-17(15,16)9-3-7(12)6(11)2-8(9)13-10(5)14/h2-3,5H,4H2,1H3,(H,13,14). The molecule has 1 aromatic rings. The predicted molar refractivity (Wildman–Crippen MR) is 63.9 cm³/mol. The number of carbonyl (C=O) groups is 1. The SMILES string of the molecule is CC1CS(=O)(=O)c2cc(F)c(Br)cc2NC1=O. The molecular formula is C10H9BrFNO3S. The number of amides is 1. The lowest BCUT2D eigenvalue weighted by molar-refractivity contribution is -0.118. The fourth-order valence-corrected chi connectivity index (χ4v) is 3.69. The van der Waals surface area contributed by atoms with Crippen molar-refractivity contribution < 1.29 is 17.6 Å². The van der Waals surface area contributed by atoms with Gasteiger partial charge >= 0.3 is 0 Å². The number of sulfone groups is 1. The molecule has 1 heterocycles. The zero-order chi connectivity index (χ0) is 12.8. The Morgan fingerprint density at radius 2 is 2.12 bits per heavy atom. The van der Waals surface area contributed by atoms with Gasteiger partial charge in [0.05, 0.1) is 20.8 Å². The van der Waals surface area contributed by atoms with Gasteiger partial charge in [0.1, 0.15) is 5.82 Å². The largest absolute Gasteiger partial charge is 0.325 e. The fraction of sp³-hybridized carbons (Fsp3) is 0.300. The van der Waals surface area contributed by atoms with Crippen molar-refractivity contribution in [2.24, 2.45) is 5.92 Å². The molecule has 0 aliphatic carbocycles. The van der Waals surface area contributed by atoms with E-state index in [0.29, 0.717) is 0 Å². The minimum atomic E-state index is -3.64. The van der Waals surface area contributed by atoms with E-state index >= 15 is 0 Å². The van der Waals surface area contributed by atoms with Gasteiger partial charge in [-0.2, -0.15) is 0 Å². The maximum Gasteiger partial charge on any atom is 0.228 e. The average molecular weight is 322 g/mol. The van der Waals surface area contributed by atoms with Gasteiger partial charge in [0.2, 0.25) is 5.91 Å². The second-order valence-electron chi connectivity index (χ2n) is 3.93. The van der Waals surface area contributed by atoms with Crippen LogP contribution in [0.5, 0.6) is 0 Å². The molecule has 0 fully saturated rings. The third-order valence-corrected chi connectivity index (χ3v) is 5.09. The van der Waals surface area contributed by atoms with Crippen molar-refractivity contribution in [2.45, 2.75) is 11.8 Å². The van der Waals surface area contributed by atoms with Crippen molar-refractivity contribution in [3.8, 4) is 0 Å². The zero-order valence-corrected chi connectivity index (χ0v) is 11.2. The van der Waals surface area contributed by atoms with Crippen LogP contribution in [0.1, 0.15) is 6.92 Å². The van der Waals surface area contributed by atoms with Crippen LogP contribution in [-0.2, 0) is 14.6 Å². The van der Waals surface area contributed by atoms with Crippen LogP contribution in [-0.4, -0.2) is 20.1 Å². The van der Waals surface area contributed by atoms with Crippen LogP contribution >= 0.6 is 15.9 Å². The van der Waals surface area contributed by atoms with Crippen LogP contribution in [0.3, 0.4) is 0 Å². The van der Waals surface area contributed by atoms with Crippen molar-refractivity contribution in [2.75, 3.05) is 11.1 Å². The van der Waals surface area contributed by atoms with Gasteiger partial charge in [0, 0.05) is 5.92 Å². The molecule has 1 amide bonds. The normalized spacial score (nSPS) is 22.5. The lowest BCUT2D eigenvalue weighted by atomic mass is 10.2. The summed E-state index contributed by atoms with van der Waals surface area (Å²) in [4.78, 5) is 11.4. The molecule has 17 heavy (non-hydrogen) atoms. The number of rotatable bonds is 0. The Hall–Kier alpha value is -0.950. The molecule has 2 rings (SSSR count). The second kappa shape index (κ2) is 4.06. The molecule has 1 N–H and O–H groups in total. The van der Waals surface area contributed by atoms with Crippen LogP contribution in [0.25, 0.3) is 0 Å². The molecule has 0 spiro atoms. The highest BCUT2D eigenvalue weighted by molar-refractivity contribution is 9.10. The summed E-state index contributed by atoms with van der Waals surface area (Å²) < 4.78 is 37.3. The number of hydrogen-bond acceptors (Lipinski definition) is 3. The number of hydrogen-bond donors (Lipinski definition) is 1. The summed E-state index contributed by atoms with van der Waals surface area (Å²) in [5, 5.41) is 2.48. The summed E-state index contributed by atoms with van der Waals surface area (Å²) >= 11 is 2.95. The molecule has 4 nitrogen and oxygen atoms in total. The van der Waals surface area contributed by atoms with E-state index in [2.05, 4.69) is 21.2 Å². The Labute approximate surface area is 106 Å². The smallest absolute Gasteiger partial charge is 0.228 e. The van der Waals surface area contributed by atoms with Gasteiger partial charge in [-0.25, -0.2) is 12.8 Å². The number of benzene rings is 1. The van der Waals surface area contributed by atoms with Crippen LogP contribution < -0.4 is 5.32 Å². The quantitative estimate of drug-likeness (QED) is 0.794. The molecule has 0 aromatic heterocycles. The Kier molecular flexibility index (Phi) is 2.99. The van der Waals surface area contributed by atoms with Crippen LogP contribution in [0, 0.1) is 11.7 Å². The monoisotopic (exact) mass is 321 g/mol. The summed E-state index contributed by atoms with van der Waals surface area (Å²) in [6, 6.07) is 2.19. The highest BCUT2D eigenvalue weighted by atomic mass is 79.9. The summed E-state index contributed by atoms with van der Waals surface area (Å²) in [7, 11) is -3.64. The molecule has 7 heteroatoms. The summed E-state index contributed by atoms with van der Waals surface area (Å²) in [5.41, 5.74) is 0.118. The molecule has 0 bridgehead atoms. The van der Waals surface area contributed by atoms with E-state index in [1.54, 1.807) is 0 Å². The van der Waals surface area contributed by atoms with Gasteiger partial charge < -0.3 is 5.32 Å². The Balaban J connectivity index is 2.70. The number of nitrogens with one attached hydrogen (secondary N) is 1. The van der Waals surface area contributed by atoms with E-state index in [0.717, 1.165) is 6.07 Å². The lowest BCUT2D eigenvalue weighted by Crippen LogP contribution is -2.22. The van der Waals surface area contributed by atoms with E-state index in [1.165, 1.54) is 13.0 Å². The molecule has 1 aromatic carbocycles. The van der Waals surface area contributed by atoms with Crippen molar-refractivity contribution >= 4 is 37.4 Å². The number of carbonyl (C=O) groups excluding carboxylic acids is 1. The first kappa shape index (κ1) is 12.5. The van der Waals surface area contributed by atoms with Crippen LogP contribution in [0.2, 0.25) is 0 Å². The first-order valence-electron chi connectivity index (χ1n) is 4.84. The van der Waals surface area contributed by atoms with Gasteiger partial charge in [-0.1, -0.05) is 6.92 Å². The summed E-state index contributed by atoms with van der Waals surface area (Å²) in [6.45, 7) is 1.52. The average Bonchev–Trinajstić information content (AvgIpc) is 2.28. The second-order valence-corrected chi connectivity index (χ2v) is 6.79. The van der Waals surface area contributed by atoms with E-state index in [4.69, 9.17) is 0 Å². The van der Waals surface area contributed by atoms with Crippen molar-refractivity contribution in [3.05, 3.63) is 22.4 Å². The Bertz CT molecular complexity index is 600. The van der Waals surface area contributed by atoms with Gasteiger partial charge in [0.15, 0.2) is 9.84 Å². The summed E-state index contributed by atoms with van der Waals surface area (Å²) in [5.74, 6) is -2.02. The van der Waals surface area contributed by atoms with Gasteiger partial charge in [0.25, 0.3) is 0 Å². The lowest BCUT2D eigenvalue weighted by Gasteiger charge is -2.07. The first-order valence-corrected chi connectivity index (χ1v) is 7.28. The van der Waals surface area contributed by atoms with E-state index < -0.39 is 21.6 Å². The van der Waals surface area contributed by atoms with E-state index in [-0.39, 0.29) is 26.7 Å². The maximum absolute atomic E-state index is 13.4. The van der Waals surface area contributed by atoms with Gasteiger partial charge in [-0.3, -0.25) is 4.79 Å². The third kappa shape index (κ3) is 2.21.